The molecule has 2 saturated carbocycles. The summed E-state index contributed by atoms with van der Waals surface area (Å²) in [4.78, 5) is 48.2. The zero-order valence-corrected chi connectivity index (χ0v) is 35.5. The lowest BCUT2D eigenvalue weighted by Gasteiger charge is -2.29. The number of hydrogen-bond acceptors (Lipinski definition) is 9. The fourth-order valence-electron chi connectivity index (χ4n) is 9.10. The number of rotatable bonds is 10. The number of benzene rings is 2. The van der Waals surface area contributed by atoms with Crippen LogP contribution in [-0.4, -0.2) is 78.0 Å². The first-order valence-electron chi connectivity index (χ1n) is 20.0. The Morgan fingerprint density at radius 1 is 0.695 bits per heavy atom. The fourth-order valence-corrected chi connectivity index (χ4v) is 9.10. The molecule has 6 atom stereocenters. The quantitative estimate of drug-likeness (QED) is 0.139. The second-order valence-corrected chi connectivity index (χ2v) is 16.5. The molecule has 12 nitrogen and oxygen atoms in total. The zero-order valence-electron chi connectivity index (χ0n) is 33.9. The van der Waals surface area contributed by atoms with Gasteiger partial charge in [-0.05, 0) is 106 Å². The van der Waals surface area contributed by atoms with E-state index in [-0.39, 0.29) is 67.0 Å². The highest BCUT2D eigenvalue weighted by atomic mass is 35.5. The van der Waals surface area contributed by atoms with Crippen molar-refractivity contribution in [3.05, 3.63) is 132 Å². The number of fused-ring (bicyclic) bond motifs is 2. The molecular formula is C45H56Cl2N6O6. The highest BCUT2D eigenvalue weighted by molar-refractivity contribution is 5.85. The average molecular weight is 848 g/mol. The smallest absolute Gasteiger partial charge is 0.410 e. The molecule has 2 aromatic carbocycles. The van der Waals surface area contributed by atoms with Gasteiger partial charge >= 0.3 is 18.3 Å². The van der Waals surface area contributed by atoms with Crippen LogP contribution in [0.5, 0.6) is 0 Å². The van der Waals surface area contributed by atoms with E-state index in [2.05, 4.69) is 32.0 Å². The molecule has 6 unspecified atom stereocenters. The summed E-state index contributed by atoms with van der Waals surface area (Å²) in [5.74, 6) is 1.68. The van der Waals surface area contributed by atoms with Gasteiger partial charge in [0.1, 0.15) is 18.8 Å². The minimum atomic E-state index is -0.528. The van der Waals surface area contributed by atoms with Gasteiger partial charge in [-0.1, -0.05) is 72.8 Å². The zero-order chi connectivity index (χ0) is 39.9. The van der Waals surface area contributed by atoms with Crippen LogP contribution in [0.15, 0.2) is 109 Å². The van der Waals surface area contributed by atoms with E-state index < -0.39 is 11.7 Å². The summed E-state index contributed by atoms with van der Waals surface area (Å²) < 4.78 is 16.3. The predicted molar refractivity (Wildman–Crippen MR) is 229 cm³/mol. The molecule has 4 fully saturated rings. The third kappa shape index (κ3) is 10.6. The Morgan fingerprint density at radius 2 is 1.19 bits per heavy atom. The molecule has 4 aromatic rings. The molecule has 2 aromatic heterocycles. The second-order valence-electron chi connectivity index (χ2n) is 16.5. The van der Waals surface area contributed by atoms with E-state index in [1.54, 1.807) is 11.1 Å². The molecule has 2 saturated heterocycles. The predicted octanol–water partition coefficient (Wildman–Crippen LogP) is 7.46. The van der Waals surface area contributed by atoms with Crippen LogP contribution >= 0.6 is 24.8 Å². The molecule has 59 heavy (non-hydrogen) atoms. The van der Waals surface area contributed by atoms with E-state index in [9.17, 15) is 14.4 Å². The summed E-state index contributed by atoms with van der Waals surface area (Å²) in [6, 6.07) is 31.2. The SMILES string of the molecule is CC(C)(C)OC(=O)N1CCC2C(C1)C2(CNC(=O)OCc1ccccc1)c1ccccn1.Cl.Cl.O=C(NCC1(c2ccccn2)C2CCNCC21)OCc1ccccc1. The largest absolute Gasteiger partial charge is 0.445 e. The van der Waals surface area contributed by atoms with Crippen molar-refractivity contribution in [2.24, 2.45) is 23.7 Å². The molecule has 0 bridgehead atoms. The van der Waals surface area contributed by atoms with Crippen LogP contribution in [0.4, 0.5) is 14.4 Å². The van der Waals surface area contributed by atoms with E-state index in [0.29, 0.717) is 43.9 Å². The van der Waals surface area contributed by atoms with Gasteiger partial charge in [0, 0.05) is 60.8 Å². The van der Waals surface area contributed by atoms with Gasteiger partial charge in [0.2, 0.25) is 0 Å². The summed E-state index contributed by atoms with van der Waals surface area (Å²) in [5.41, 5.74) is 3.07. The van der Waals surface area contributed by atoms with Crippen LogP contribution in [0.25, 0.3) is 0 Å². The normalized spacial score (nSPS) is 24.7. The van der Waals surface area contributed by atoms with Crippen LogP contribution in [0, 0.1) is 23.7 Å². The number of ether oxygens (including phenoxy) is 3. The number of amides is 3. The number of pyridine rings is 2. The first kappa shape index (κ1) is 45.2. The fraction of sp³-hybridized carbons (Fsp3) is 0.444. The number of hydrogen-bond donors (Lipinski definition) is 3. The Bertz CT molecular complexity index is 1950. The average Bonchev–Trinajstić information content (AvgIpc) is 4.12. The van der Waals surface area contributed by atoms with E-state index in [4.69, 9.17) is 14.2 Å². The minimum absolute atomic E-state index is 0. The maximum absolute atomic E-state index is 12.6. The number of carbonyl (C=O) groups excluding carboxylic acids is 3. The summed E-state index contributed by atoms with van der Waals surface area (Å²) in [6.07, 6.45) is 4.49. The van der Waals surface area contributed by atoms with Crippen molar-refractivity contribution in [1.82, 2.24) is 30.8 Å². The summed E-state index contributed by atoms with van der Waals surface area (Å²) in [6.45, 7) is 10.4. The van der Waals surface area contributed by atoms with E-state index in [0.717, 1.165) is 48.4 Å². The summed E-state index contributed by atoms with van der Waals surface area (Å²) >= 11 is 0. The highest BCUT2D eigenvalue weighted by Crippen LogP contribution is 2.63. The lowest BCUT2D eigenvalue weighted by molar-refractivity contribution is 0.0206. The van der Waals surface area contributed by atoms with Crippen LogP contribution in [0.2, 0.25) is 0 Å². The van der Waals surface area contributed by atoms with Crippen LogP contribution < -0.4 is 16.0 Å². The number of likely N-dealkylation sites (tertiary alicyclic amines) is 1. The van der Waals surface area contributed by atoms with E-state index in [1.165, 1.54) is 0 Å². The molecule has 4 aliphatic rings. The van der Waals surface area contributed by atoms with Gasteiger partial charge < -0.3 is 35.1 Å². The molecule has 4 heterocycles. The van der Waals surface area contributed by atoms with Crippen molar-refractivity contribution in [2.75, 3.05) is 39.3 Å². The molecule has 2 aliphatic carbocycles. The Balaban J connectivity index is 0.000000223. The van der Waals surface area contributed by atoms with Gasteiger partial charge in [-0.3, -0.25) is 9.97 Å². The monoisotopic (exact) mass is 846 g/mol. The molecule has 3 N–H and O–H groups in total. The Hall–Kier alpha value is -4.91. The third-order valence-electron chi connectivity index (χ3n) is 11.9. The highest BCUT2D eigenvalue weighted by Gasteiger charge is 2.68. The maximum atomic E-state index is 12.6. The number of aromatic nitrogens is 2. The Kier molecular flexibility index (Phi) is 15.2. The van der Waals surface area contributed by atoms with Crippen molar-refractivity contribution in [2.45, 2.75) is 63.3 Å². The molecule has 0 radical (unpaired) electrons. The van der Waals surface area contributed by atoms with Gasteiger partial charge in [0.25, 0.3) is 0 Å². The molecule has 3 amide bonds. The number of alkyl carbamates (subject to hydrolysis) is 2. The van der Waals surface area contributed by atoms with Crippen molar-refractivity contribution >= 4 is 43.1 Å². The van der Waals surface area contributed by atoms with Crippen molar-refractivity contribution in [1.29, 1.82) is 0 Å². The second kappa shape index (κ2) is 19.9. The lowest BCUT2D eigenvalue weighted by Crippen LogP contribution is -2.41. The van der Waals surface area contributed by atoms with Crippen LogP contribution in [0.3, 0.4) is 0 Å². The summed E-state index contributed by atoms with van der Waals surface area (Å²) in [5, 5.41) is 9.40. The van der Waals surface area contributed by atoms with Gasteiger partial charge in [-0.15, -0.1) is 24.8 Å². The molecular weight excluding hydrogens is 791 g/mol. The van der Waals surface area contributed by atoms with Crippen LogP contribution in [0.1, 0.15) is 56.1 Å². The molecule has 0 spiro atoms. The van der Waals surface area contributed by atoms with E-state index in [1.807, 2.05) is 118 Å². The van der Waals surface area contributed by atoms with Gasteiger partial charge in [-0.25, -0.2) is 14.4 Å². The molecule has 316 valence electrons. The van der Waals surface area contributed by atoms with Crippen LogP contribution in [-0.2, 0) is 38.3 Å². The Labute approximate surface area is 359 Å². The minimum Gasteiger partial charge on any atom is -0.445 e. The maximum Gasteiger partial charge on any atom is 0.410 e. The lowest BCUT2D eigenvalue weighted by atomic mass is 9.96. The van der Waals surface area contributed by atoms with Gasteiger partial charge in [0.05, 0.1) is 0 Å². The van der Waals surface area contributed by atoms with Gasteiger partial charge in [0.15, 0.2) is 0 Å². The van der Waals surface area contributed by atoms with E-state index >= 15 is 0 Å². The number of piperidine rings is 2. The van der Waals surface area contributed by atoms with Gasteiger partial charge in [-0.2, -0.15) is 0 Å². The molecule has 8 rings (SSSR count). The molecule has 2 aliphatic heterocycles. The summed E-state index contributed by atoms with van der Waals surface area (Å²) in [7, 11) is 0. The number of nitrogens with one attached hydrogen (secondary N) is 3. The number of carbonyl (C=O) groups is 3. The molecule has 14 heteroatoms. The van der Waals surface area contributed by atoms with Crippen molar-refractivity contribution < 1.29 is 28.6 Å². The number of halogens is 2. The Morgan fingerprint density at radius 3 is 1.64 bits per heavy atom. The topological polar surface area (TPSA) is 144 Å². The standard InChI is InChI=1S/C25H31N3O4.C20H23N3O2.2ClH/c1-24(2,3)32-23(30)28-14-12-19-20(15-28)25(19,21-11-7-8-13-26-21)17-27-22(29)31-16-18-9-5-4-6-10-18;24-19(25-13-15-6-2-1-3-7-15)23-14-20(18-8-4-5-10-22-18)16-9-11-21-12-17(16)20;;/h4-11,13,19-20H,12,14-17H2,1-3H3,(H,27,29);1-8,10,16-17,21H,9,11-14H2,(H,23,24);2*1H. The first-order valence-corrected chi connectivity index (χ1v) is 20.0. The first-order chi connectivity index (χ1) is 27.6. The van der Waals surface area contributed by atoms with Crippen molar-refractivity contribution in [3.63, 3.8) is 0 Å². The van der Waals surface area contributed by atoms with Crippen molar-refractivity contribution in [3.8, 4) is 0 Å². The third-order valence-corrected chi connectivity index (χ3v) is 11.9. The number of nitrogens with zero attached hydrogens (tertiary/aromatic N) is 3.